The first kappa shape index (κ1) is 10.7. The van der Waals surface area contributed by atoms with Gasteiger partial charge in [0, 0.05) is 0 Å². The van der Waals surface area contributed by atoms with E-state index in [-0.39, 0.29) is 5.88 Å². The van der Waals surface area contributed by atoms with Gasteiger partial charge in [-0.1, -0.05) is 30.3 Å². The highest BCUT2D eigenvalue weighted by Gasteiger charge is 2.02. The van der Waals surface area contributed by atoms with Crippen LogP contribution >= 0.6 is 0 Å². The third-order valence-electron chi connectivity index (χ3n) is 2.55. The molecule has 4 heteroatoms. The van der Waals surface area contributed by atoms with Gasteiger partial charge in [0.05, 0.1) is 6.07 Å². The van der Waals surface area contributed by atoms with Crippen LogP contribution in [0.3, 0.4) is 0 Å². The zero-order valence-electron chi connectivity index (χ0n) is 9.38. The second-order valence-electron chi connectivity index (χ2n) is 3.79. The summed E-state index contributed by atoms with van der Waals surface area (Å²) in [6.07, 6.45) is 1.13. The fraction of sp³-hybridized carbons (Fsp3) is 0. The van der Waals surface area contributed by atoms with E-state index in [4.69, 9.17) is 4.74 Å². The van der Waals surface area contributed by atoms with Crippen molar-refractivity contribution in [1.29, 1.82) is 0 Å². The van der Waals surface area contributed by atoms with Gasteiger partial charge in [0.15, 0.2) is 0 Å². The van der Waals surface area contributed by atoms with Gasteiger partial charge < -0.3 is 4.74 Å². The van der Waals surface area contributed by atoms with E-state index in [0.717, 1.165) is 23.2 Å². The molecule has 0 aliphatic rings. The third kappa shape index (κ3) is 2.13. The van der Waals surface area contributed by atoms with Crippen LogP contribution in [0.25, 0.3) is 10.8 Å². The minimum Gasteiger partial charge on any atom is -0.439 e. The van der Waals surface area contributed by atoms with Crippen molar-refractivity contribution in [3.8, 4) is 11.6 Å². The van der Waals surface area contributed by atoms with Crippen molar-refractivity contribution in [2.45, 2.75) is 0 Å². The number of ether oxygens (including phenoxy) is 1. The lowest BCUT2D eigenvalue weighted by Crippen LogP contribution is -1.90. The number of benzene rings is 2. The summed E-state index contributed by atoms with van der Waals surface area (Å²) >= 11 is 0. The van der Waals surface area contributed by atoms with Gasteiger partial charge in [-0.05, 0) is 22.9 Å². The van der Waals surface area contributed by atoms with Crippen molar-refractivity contribution in [1.82, 2.24) is 9.97 Å². The largest absolute Gasteiger partial charge is 0.439 e. The molecule has 0 atom stereocenters. The van der Waals surface area contributed by atoms with Crippen molar-refractivity contribution in [3.05, 3.63) is 60.8 Å². The van der Waals surface area contributed by atoms with Gasteiger partial charge in [0.1, 0.15) is 12.1 Å². The van der Waals surface area contributed by atoms with E-state index in [2.05, 4.69) is 9.97 Å². The predicted molar refractivity (Wildman–Crippen MR) is 66.0 cm³/mol. The van der Waals surface area contributed by atoms with Gasteiger partial charge in [0.2, 0.25) is 11.8 Å². The topological polar surface area (TPSA) is 35.0 Å². The number of rotatable bonds is 2. The van der Waals surface area contributed by atoms with E-state index in [0.29, 0.717) is 5.75 Å². The summed E-state index contributed by atoms with van der Waals surface area (Å²) in [5, 5.41) is 2.18. The molecule has 0 N–H and O–H groups in total. The molecule has 18 heavy (non-hydrogen) atoms. The van der Waals surface area contributed by atoms with Crippen LogP contribution in [-0.4, -0.2) is 9.97 Å². The molecule has 0 unspecified atom stereocenters. The lowest BCUT2D eigenvalue weighted by Gasteiger charge is -2.05. The van der Waals surface area contributed by atoms with Crippen LogP contribution in [0, 0.1) is 5.95 Å². The molecule has 1 heterocycles. The fourth-order valence-corrected chi connectivity index (χ4v) is 1.72. The summed E-state index contributed by atoms with van der Waals surface area (Å²) in [6.45, 7) is 0. The number of fused-ring (bicyclic) bond motifs is 1. The average Bonchev–Trinajstić information content (AvgIpc) is 2.39. The smallest absolute Gasteiger partial charge is 0.225 e. The van der Waals surface area contributed by atoms with Gasteiger partial charge in [-0.2, -0.15) is 4.39 Å². The van der Waals surface area contributed by atoms with Gasteiger partial charge in [-0.3, -0.25) is 0 Å². The summed E-state index contributed by atoms with van der Waals surface area (Å²) in [4.78, 5) is 7.22. The molecule has 88 valence electrons. The Kier molecular flexibility index (Phi) is 2.61. The normalized spacial score (nSPS) is 10.5. The van der Waals surface area contributed by atoms with E-state index >= 15 is 0 Å². The molecule has 1 aromatic heterocycles. The molecule has 0 aliphatic heterocycles. The lowest BCUT2D eigenvalue weighted by molar-refractivity contribution is 0.451. The summed E-state index contributed by atoms with van der Waals surface area (Å²) in [7, 11) is 0. The highest BCUT2D eigenvalue weighted by molar-refractivity contribution is 5.83. The molecular formula is C14H9FN2O. The number of hydrogen-bond donors (Lipinski definition) is 0. The first-order valence-corrected chi connectivity index (χ1v) is 5.45. The molecule has 0 fully saturated rings. The van der Waals surface area contributed by atoms with Crippen molar-refractivity contribution in [3.63, 3.8) is 0 Å². The number of hydrogen-bond acceptors (Lipinski definition) is 3. The van der Waals surface area contributed by atoms with E-state index in [1.807, 2.05) is 42.5 Å². The SMILES string of the molecule is Fc1cc(Oc2ccc3ccccc3c2)ncn1. The zero-order valence-corrected chi connectivity index (χ0v) is 9.38. The Morgan fingerprint density at radius 1 is 0.889 bits per heavy atom. The Morgan fingerprint density at radius 3 is 2.56 bits per heavy atom. The van der Waals surface area contributed by atoms with Crippen LogP contribution in [0.15, 0.2) is 54.9 Å². The molecule has 0 spiro atoms. The maximum atomic E-state index is 12.9. The monoisotopic (exact) mass is 240 g/mol. The summed E-state index contributed by atoms with van der Waals surface area (Å²) in [6, 6.07) is 14.7. The van der Waals surface area contributed by atoms with Crippen molar-refractivity contribution < 1.29 is 9.13 Å². The Hall–Kier alpha value is -2.49. The molecule has 0 aliphatic carbocycles. The van der Waals surface area contributed by atoms with E-state index in [1.54, 1.807) is 0 Å². The Morgan fingerprint density at radius 2 is 1.72 bits per heavy atom. The quantitative estimate of drug-likeness (QED) is 0.642. The first-order chi connectivity index (χ1) is 8.81. The Bertz CT molecular complexity index is 700. The van der Waals surface area contributed by atoms with Gasteiger partial charge >= 0.3 is 0 Å². The van der Waals surface area contributed by atoms with Crippen LogP contribution in [0.5, 0.6) is 11.6 Å². The molecule has 3 aromatic rings. The highest BCUT2D eigenvalue weighted by Crippen LogP contribution is 2.24. The van der Waals surface area contributed by atoms with Crippen LogP contribution < -0.4 is 4.74 Å². The molecule has 0 bridgehead atoms. The van der Waals surface area contributed by atoms with E-state index in [9.17, 15) is 4.39 Å². The molecular weight excluding hydrogens is 231 g/mol. The predicted octanol–water partition coefficient (Wildman–Crippen LogP) is 3.56. The van der Waals surface area contributed by atoms with Gasteiger partial charge in [-0.15, -0.1) is 0 Å². The average molecular weight is 240 g/mol. The minimum absolute atomic E-state index is 0.192. The minimum atomic E-state index is -0.610. The Balaban J connectivity index is 1.95. The van der Waals surface area contributed by atoms with Crippen molar-refractivity contribution in [2.75, 3.05) is 0 Å². The maximum absolute atomic E-state index is 12.9. The summed E-state index contributed by atoms with van der Waals surface area (Å²) in [5.41, 5.74) is 0. The Labute approximate surface area is 103 Å². The van der Waals surface area contributed by atoms with Crippen molar-refractivity contribution >= 4 is 10.8 Å². The number of aromatic nitrogens is 2. The standard InChI is InChI=1S/C14H9FN2O/c15-13-8-14(17-9-16-13)18-12-6-5-10-3-1-2-4-11(10)7-12/h1-9H. The molecule has 3 nitrogen and oxygen atoms in total. The molecule has 3 rings (SSSR count). The first-order valence-electron chi connectivity index (χ1n) is 5.45. The van der Waals surface area contributed by atoms with Gasteiger partial charge in [0.25, 0.3) is 0 Å². The third-order valence-corrected chi connectivity index (χ3v) is 2.55. The van der Waals surface area contributed by atoms with Crippen LogP contribution in [0.4, 0.5) is 4.39 Å². The van der Waals surface area contributed by atoms with Crippen LogP contribution in [0.1, 0.15) is 0 Å². The summed E-state index contributed by atoms with van der Waals surface area (Å²) < 4.78 is 18.4. The van der Waals surface area contributed by atoms with Crippen LogP contribution in [-0.2, 0) is 0 Å². The molecule has 0 amide bonds. The van der Waals surface area contributed by atoms with Gasteiger partial charge in [-0.25, -0.2) is 9.97 Å². The zero-order chi connectivity index (χ0) is 12.4. The van der Waals surface area contributed by atoms with Crippen LogP contribution in [0.2, 0.25) is 0 Å². The lowest BCUT2D eigenvalue weighted by atomic mass is 10.1. The number of halogens is 1. The number of nitrogens with zero attached hydrogens (tertiary/aromatic N) is 2. The second-order valence-corrected chi connectivity index (χ2v) is 3.79. The van der Waals surface area contributed by atoms with E-state index < -0.39 is 5.95 Å². The summed E-state index contributed by atoms with van der Waals surface area (Å²) in [5.74, 6) is 0.199. The molecule has 0 saturated heterocycles. The molecule has 0 radical (unpaired) electrons. The second kappa shape index (κ2) is 4.41. The molecule has 2 aromatic carbocycles. The molecule has 0 saturated carbocycles. The maximum Gasteiger partial charge on any atom is 0.225 e. The highest BCUT2D eigenvalue weighted by atomic mass is 19.1. The van der Waals surface area contributed by atoms with Crippen molar-refractivity contribution in [2.24, 2.45) is 0 Å². The van der Waals surface area contributed by atoms with E-state index in [1.165, 1.54) is 0 Å². The fourth-order valence-electron chi connectivity index (χ4n) is 1.72.